The van der Waals surface area contributed by atoms with Gasteiger partial charge in [0.05, 0.1) is 6.42 Å². The maximum absolute atomic E-state index is 12.8. The predicted molar refractivity (Wildman–Crippen MR) is 122 cm³/mol. The van der Waals surface area contributed by atoms with Gasteiger partial charge in [0.15, 0.2) is 11.5 Å². The van der Waals surface area contributed by atoms with Crippen LogP contribution in [0.1, 0.15) is 21.8 Å². The molecule has 0 radical (unpaired) electrons. The monoisotopic (exact) mass is 455 g/mol. The lowest BCUT2D eigenvalue weighted by molar-refractivity contribution is 0.102. The van der Waals surface area contributed by atoms with Gasteiger partial charge in [-0.15, -0.1) is 5.10 Å². The van der Waals surface area contributed by atoms with Gasteiger partial charge in [0.1, 0.15) is 24.4 Å². The van der Waals surface area contributed by atoms with E-state index in [9.17, 15) is 9.59 Å². The quantitative estimate of drug-likeness (QED) is 0.320. The van der Waals surface area contributed by atoms with Crippen LogP contribution in [0.25, 0.3) is 21.7 Å². The fourth-order valence-electron chi connectivity index (χ4n) is 3.94. The van der Waals surface area contributed by atoms with Gasteiger partial charge in [-0.3, -0.25) is 10.1 Å². The smallest absolute Gasteiger partial charge is 0.349 e. The number of anilines is 1. The van der Waals surface area contributed by atoms with Gasteiger partial charge in [-0.05, 0) is 40.6 Å². The summed E-state index contributed by atoms with van der Waals surface area (Å²) in [6, 6.07) is 18.2. The summed E-state index contributed by atoms with van der Waals surface area (Å²) in [6.45, 7) is 1.01. The van der Waals surface area contributed by atoms with E-state index in [2.05, 4.69) is 15.5 Å². The van der Waals surface area contributed by atoms with Crippen LogP contribution in [-0.2, 0) is 6.42 Å². The topological polar surface area (TPSA) is 117 Å². The zero-order chi connectivity index (χ0) is 23.1. The van der Waals surface area contributed by atoms with E-state index in [0.717, 1.165) is 16.3 Å². The molecule has 0 spiro atoms. The minimum absolute atomic E-state index is 0.116. The molecule has 1 amide bonds. The van der Waals surface area contributed by atoms with Crippen LogP contribution in [0.5, 0.6) is 11.5 Å². The Kier molecular flexibility index (Phi) is 4.72. The molecule has 0 saturated carbocycles. The van der Waals surface area contributed by atoms with Gasteiger partial charge in [0, 0.05) is 5.39 Å². The Morgan fingerprint density at radius 3 is 2.65 bits per heavy atom. The number of fused-ring (bicyclic) bond motifs is 4. The third kappa shape index (κ3) is 3.62. The first-order valence-electron chi connectivity index (χ1n) is 10.6. The average Bonchev–Trinajstić information content (AvgIpc) is 3.29. The molecule has 9 heteroatoms. The van der Waals surface area contributed by atoms with Crippen LogP contribution in [-0.4, -0.2) is 29.3 Å². The lowest BCUT2D eigenvalue weighted by atomic mass is 10.0. The van der Waals surface area contributed by atoms with E-state index in [1.807, 2.05) is 48.5 Å². The van der Waals surface area contributed by atoms with Gasteiger partial charge in [-0.2, -0.15) is 0 Å². The number of carbonyl (C=O) groups is 1. The minimum Gasteiger partial charge on any atom is -0.486 e. The van der Waals surface area contributed by atoms with Crippen molar-refractivity contribution >= 4 is 33.7 Å². The Labute approximate surface area is 191 Å². The summed E-state index contributed by atoms with van der Waals surface area (Å²) in [6.07, 6.45) is 0.337. The first kappa shape index (κ1) is 20.0. The highest BCUT2D eigenvalue weighted by Gasteiger charge is 2.19. The molecule has 168 valence electrons. The van der Waals surface area contributed by atoms with Crippen LogP contribution in [0.3, 0.4) is 0 Å². The van der Waals surface area contributed by atoms with E-state index in [-0.39, 0.29) is 11.6 Å². The van der Waals surface area contributed by atoms with E-state index in [0.29, 0.717) is 48.0 Å². The second-order valence-electron chi connectivity index (χ2n) is 7.76. The molecule has 9 nitrogen and oxygen atoms in total. The Hall–Kier alpha value is -4.66. The van der Waals surface area contributed by atoms with Crippen molar-refractivity contribution in [2.24, 2.45) is 0 Å². The van der Waals surface area contributed by atoms with Gasteiger partial charge < -0.3 is 18.3 Å². The van der Waals surface area contributed by atoms with Crippen molar-refractivity contribution in [3.05, 3.63) is 88.1 Å². The molecular formula is C25H17N3O6. The van der Waals surface area contributed by atoms with E-state index < -0.39 is 11.5 Å². The SMILES string of the molecule is O=C(Nc1nnc(Cc2ccc3c(c2)OCCO3)o1)c1cc2c(ccc3ccccc32)oc1=O. The summed E-state index contributed by atoms with van der Waals surface area (Å²) < 4.78 is 22.1. The van der Waals surface area contributed by atoms with Gasteiger partial charge in [-0.25, -0.2) is 4.79 Å². The zero-order valence-electron chi connectivity index (χ0n) is 17.7. The number of benzene rings is 3. The largest absolute Gasteiger partial charge is 0.486 e. The summed E-state index contributed by atoms with van der Waals surface area (Å²) >= 11 is 0. The minimum atomic E-state index is -0.753. The fourth-order valence-corrected chi connectivity index (χ4v) is 3.94. The molecule has 0 unspecified atom stereocenters. The molecular weight excluding hydrogens is 438 g/mol. The number of amides is 1. The summed E-state index contributed by atoms with van der Waals surface area (Å²) in [5, 5.41) is 12.8. The van der Waals surface area contributed by atoms with Crippen molar-refractivity contribution in [2.75, 3.05) is 18.5 Å². The van der Waals surface area contributed by atoms with E-state index in [1.165, 1.54) is 6.07 Å². The van der Waals surface area contributed by atoms with Crippen molar-refractivity contribution in [3.63, 3.8) is 0 Å². The average molecular weight is 455 g/mol. The number of nitrogens with zero attached hydrogens (tertiary/aromatic N) is 2. The Morgan fingerprint density at radius 1 is 0.882 bits per heavy atom. The van der Waals surface area contributed by atoms with Crippen LogP contribution < -0.4 is 20.4 Å². The molecule has 34 heavy (non-hydrogen) atoms. The predicted octanol–water partition coefficient (Wildman–Crippen LogP) is 3.94. The molecule has 3 aromatic carbocycles. The summed E-state index contributed by atoms with van der Waals surface area (Å²) in [4.78, 5) is 25.3. The van der Waals surface area contributed by atoms with E-state index in [1.54, 1.807) is 6.07 Å². The number of aromatic nitrogens is 2. The first-order chi connectivity index (χ1) is 16.6. The van der Waals surface area contributed by atoms with Crippen molar-refractivity contribution in [1.29, 1.82) is 0 Å². The summed E-state index contributed by atoms with van der Waals surface area (Å²) in [5.41, 5.74) is 0.374. The first-order valence-corrected chi connectivity index (χ1v) is 10.6. The molecule has 1 aliphatic rings. The van der Waals surface area contributed by atoms with E-state index in [4.69, 9.17) is 18.3 Å². The molecule has 0 saturated heterocycles. The molecule has 0 atom stereocenters. The Balaban J connectivity index is 1.24. The molecule has 5 aromatic rings. The molecule has 0 fully saturated rings. The number of hydrogen-bond acceptors (Lipinski definition) is 8. The van der Waals surface area contributed by atoms with Crippen molar-refractivity contribution in [1.82, 2.24) is 10.2 Å². The van der Waals surface area contributed by atoms with Gasteiger partial charge in [0.25, 0.3) is 5.91 Å². The number of carbonyl (C=O) groups excluding carboxylic acids is 1. The van der Waals surface area contributed by atoms with Crippen LogP contribution >= 0.6 is 0 Å². The van der Waals surface area contributed by atoms with Gasteiger partial charge >= 0.3 is 11.6 Å². The van der Waals surface area contributed by atoms with E-state index >= 15 is 0 Å². The van der Waals surface area contributed by atoms with Crippen molar-refractivity contribution in [3.8, 4) is 11.5 Å². The van der Waals surface area contributed by atoms with Crippen LogP contribution in [0.2, 0.25) is 0 Å². The maximum atomic E-state index is 12.8. The lowest BCUT2D eigenvalue weighted by Gasteiger charge is -2.18. The second-order valence-corrected chi connectivity index (χ2v) is 7.76. The summed E-state index contributed by atoms with van der Waals surface area (Å²) in [7, 11) is 0. The highest BCUT2D eigenvalue weighted by molar-refractivity contribution is 6.09. The molecule has 0 bridgehead atoms. The summed E-state index contributed by atoms with van der Waals surface area (Å²) in [5.74, 6) is 0.949. The molecule has 6 rings (SSSR count). The lowest BCUT2D eigenvalue weighted by Crippen LogP contribution is -2.20. The standard InChI is InChI=1S/C25H17N3O6/c29-23(18-13-17-16-4-2-1-3-15(16)6-8-19(17)33-24(18)30)26-25-28-27-22(34-25)12-14-5-7-20-21(11-14)32-10-9-31-20/h1-8,11,13H,9-10,12H2,(H,26,28,29). The third-order valence-corrected chi connectivity index (χ3v) is 5.54. The van der Waals surface area contributed by atoms with Crippen LogP contribution in [0.15, 0.2) is 74.3 Å². The van der Waals surface area contributed by atoms with Gasteiger partial charge in [0.2, 0.25) is 5.89 Å². The third-order valence-electron chi connectivity index (χ3n) is 5.54. The Morgan fingerprint density at radius 2 is 1.74 bits per heavy atom. The number of nitrogens with one attached hydrogen (secondary N) is 1. The number of hydrogen-bond donors (Lipinski definition) is 1. The van der Waals surface area contributed by atoms with Crippen LogP contribution in [0.4, 0.5) is 6.01 Å². The van der Waals surface area contributed by atoms with Crippen molar-refractivity contribution in [2.45, 2.75) is 6.42 Å². The fraction of sp³-hybridized carbons (Fsp3) is 0.120. The highest BCUT2D eigenvalue weighted by Crippen LogP contribution is 2.31. The molecule has 3 heterocycles. The number of rotatable bonds is 4. The Bertz CT molecular complexity index is 1620. The highest BCUT2D eigenvalue weighted by atomic mass is 16.6. The molecule has 1 N–H and O–H groups in total. The van der Waals surface area contributed by atoms with Gasteiger partial charge in [-0.1, -0.05) is 41.5 Å². The molecule has 0 aliphatic carbocycles. The second kappa shape index (κ2) is 8.04. The maximum Gasteiger partial charge on any atom is 0.349 e. The van der Waals surface area contributed by atoms with Crippen LogP contribution in [0, 0.1) is 0 Å². The number of ether oxygens (including phenoxy) is 2. The normalized spacial score (nSPS) is 12.7. The molecule has 1 aliphatic heterocycles. The zero-order valence-corrected chi connectivity index (χ0v) is 17.7. The molecule has 2 aromatic heterocycles. The van der Waals surface area contributed by atoms with Crippen molar-refractivity contribution < 1.29 is 23.1 Å².